The predicted octanol–water partition coefficient (Wildman–Crippen LogP) is 4.98. The van der Waals surface area contributed by atoms with E-state index >= 15 is 0 Å². The maximum Gasteiger partial charge on any atom is 0.135 e. The number of phenols is 1. The monoisotopic (exact) mass is 266 g/mol. The van der Waals surface area contributed by atoms with Gasteiger partial charge >= 0.3 is 0 Å². The lowest BCUT2D eigenvalue weighted by Gasteiger charge is -2.09. The molecule has 0 bridgehead atoms. The molecule has 0 fully saturated rings. The minimum absolute atomic E-state index is 0.00444. The van der Waals surface area contributed by atoms with Crippen LogP contribution < -0.4 is 0 Å². The molecule has 0 aromatic heterocycles. The van der Waals surface area contributed by atoms with E-state index in [-0.39, 0.29) is 5.75 Å². The Morgan fingerprint density at radius 2 is 1.41 bits per heavy atom. The molecular formula is C14H12Cl2O. The molecule has 2 aromatic rings. The van der Waals surface area contributed by atoms with Crippen LogP contribution in [0.2, 0.25) is 10.0 Å². The first kappa shape index (κ1) is 12.3. The van der Waals surface area contributed by atoms with Crippen molar-refractivity contribution in [3.8, 4) is 16.9 Å². The second-order valence-corrected chi connectivity index (χ2v) is 4.97. The number of aryl methyl sites for hydroxylation is 2. The molecule has 1 nitrogen and oxygen atoms in total. The second-order valence-electron chi connectivity index (χ2n) is 4.16. The van der Waals surface area contributed by atoms with Crippen LogP contribution >= 0.6 is 23.2 Å². The largest absolute Gasteiger partial charge is 0.506 e. The molecule has 1 N–H and O–H groups in total. The number of halogens is 2. The summed E-state index contributed by atoms with van der Waals surface area (Å²) in [6.07, 6.45) is 0. The molecule has 0 aliphatic carbocycles. The van der Waals surface area contributed by atoms with Crippen molar-refractivity contribution >= 4 is 23.2 Å². The average Bonchev–Trinajstić information content (AvgIpc) is 2.22. The van der Waals surface area contributed by atoms with Crippen molar-refractivity contribution in [3.05, 3.63) is 51.5 Å². The molecule has 2 rings (SSSR count). The average molecular weight is 267 g/mol. The lowest BCUT2D eigenvalue weighted by atomic mass is 10.0. The first-order valence-corrected chi connectivity index (χ1v) is 5.99. The van der Waals surface area contributed by atoms with Gasteiger partial charge in [-0.1, -0.05) is 52.5 Å². The normalized spacial score (nSPS) is 10.6. The predicted molar refractivity (Wildman–Crippen MR) is 73.0 cm³/mol. The summed E-state index contributed by atoms with van der Waals surface area (Å²) in [7, 11) is 0. The van der Waals surface area contributed by atoms with Crippen LogP contribution in [0.4, 0.5) is 0 Å². The van der Waals surface area contributed by atoms with Gasteiger partial charge in [0.1, 0.15) is 5.75 Å². The number of hydrogen-bond donors (Lipinski definition) is 1. The van der Waals surface area contributed by atoms with Crippen LogP contribution in [0.3, 0.4) is 0 Å². The lowest BCUT2D eigenvalue weighted by molar-refractivity contribution is 0.475. The molecule has 0 aliphatic heterocycles. The van der Waals surface area contributed by atoms with E-state index in [0.29, 0.717) is 10.0 Å². The van der Waals surface area contributed by atoms with Crippen molar-refractivity contribution in [3.63, 3.8) is 0 Å². The van der Waals surface area contributed by atoms with Crippen LogP contribution in [0.1, 0.15) is 11.1 Å². The van der Waals surface area contributed by atoms with Crippen LogP contribution in [0.15, 0.2) is 30.3 Å². The summed E-state index contributed by atoms with van der Waals surface area (Å²) in [5.74, 6) is 0.00444. The third kappa shape index (κ3) is 2.56. The molecule has 0 saturated carbocycles. The Bertz CT molecular complexity index is 556. The third-order valence-corrected chi connectivity index (χ3v) is 3.18. The van der Waals surface area contributed by atoms with Crippen LogP contribution in [-0.4, -0.2) is 5.11 Å². The van der Waals surface area contributed by atoms with E-state index in [1.807, 2.05) is 26.0 Å². The molecule has 17 heavy (non-hydrogen) atoms. The van der Waals surface area contributed by atoms with Gasteiger partial charge in [-0.25, -0.2) is 0 Å². The lowest BCUT2D eigenvalue weighted by Crippen LogP contribution is -1.84. The first-order chi connectivity index (χ1) is 7.97. The highest BCUT2D eigenvalue weighted by Crippen LogP contribution is 2.36. The maximum atomic E-state index is 9.46. The van der Waals surface area contributed by atoms with Gasteiger partial charge in [0.25, 0.3) is 0 Å². The van der Waals surface area contributed by atoms with E-state index in [1.165, 1.54) is 17.2 Å². The Balaban J connectivity index is 2.64. The Labute approximate surface area is 111 Å². The zero-order valence-corrected chi connectivity index (χ0v) is 11.1. The summed E-state index contributed by atoms with van der Waals surface area (Å²) < 4.78 is 0. The van der Waals surface area contributed by atoms with Crippen molar-refractivity contribution in [1.29, 1.82) is 0 Å². The third-order valence-electron chi connectivity index (χ3n) is 2.57. The first-order valence-electron chi connectivity index (χ1n) is 5.24. The number of rotatable bonds is 1. The van der Waals surface area contributed by atoms with Gasteiger partial charge in [-0.3, -0.25) is 0 Å². The van der Waals surface area contributed by atoms with Gasteiger partial charge < -0.3 is 5.11 Å². The van der Waals surface area contributed by atoms with E-state index in [9.17, 15) is 5.11 Å². The van der Waals surface area contributed by atoms with Crippen LogP contribution in [0.25, 0.3) is 11.1 Å². The summed E-state index contributed by atoms with van der Waals surface area (Å²) in [5.41, 5.74) is 4.18. The number of phenolic OH excluding ortho intramolecular Hbond substituents is 1. The summed E-state index contributed by atoms with van der Waals surface area (Å²) >= 11 is 12.0. The van der Waals surface area contributed by atoms with Crippen LogP contribution in [-0.2, 0) is 0 Å². The zero-order chi connectivity index (χ0) is 12.6. The highest BCUT2D eigenvalue weighted by atomic mass is 35.5. The van der Waals surface area contributed by atoms with E-state index in [0.717, 1.165) is 11.1 Å². The molecule has 0 heterocycles. The molecule has 0 unspecified atom stereocenters. The van der Waals surface area contributed by atoms with Crippen molar-refractivity contribution < 1.29 is 5.11 Å². The molecule has 0 spiro atoms. The van der Waals surface area contributed by atoms with Crippen molar-refractivity contribution in [2.75, 3.05) is 0 Å². The highest BCUT2D eigenvalue weighted by Gasteiger charge is 2.09. The number of hydrogen-bond acceptors (Lipinski definition) is 1. The van der Waals surface area contributed by atoms with E-state index in [2.05, 4.69) is 6.07 Å². The van der Waals surface area contributed by atoms with E-state index in [1.54, 1.807) is 6.07 Å². The smallest absolute Gasteiger partial charge is 0.135 e. The van der Waals surface area contributed by atoms with Crippen molar-refractivity contribution in [2.24, 2.45) is 0 Å². The molecular weight excluding hydrogens is 255 g/mol. The SMILES string of the molecule is Cc1cc(C)cc(-c2cc(Cl)c(O)cc2Cl)c1. The van der Waals surface area contributed by atoms with Gasteiger partial charge in [0.15, 0.2) is 0 Å². The van der Waals surface area contributed by atoms with Gasteiger partial charge in [0.05, 0.1) is 10.0 Å². The minimum Gasteiger partial charge on any atom is -0.506 e. The molecule has 0 atom stereocenters. The fourth-order valence-electron chi connectivity index (χ4n) is 1.89. The van der Waals surface area contributed by atoms with Crippen LogP contribution in [0.5, 0.6) is 5.75 Å². The Morgan fingerprint density at radius 1 is 0.824 bits per heavy atom. The molecule has 88 valence electrons. The van der Waals surface area contributed by atoms with Crippen molar-refractivity contribution in [1.82, 2.24) is 0 Å². The Hall–Kier alpha value is -1.18. The second kappa shape index (κ2) is 4.59. The standard InChI is InChI=1S/C14H12Cl2O/c1-8-3-9(2)5-10(4-8)11-6-13(16)14(17)7-12(11)15/h3-7,17H,1-2H3. The van der Waals surface area contributed by atoms with E-state index in [4.69, 9.17) is 23.2 Å². The summed E-state index contributed by atoms with van der Waals surface area (Å²) in [6.45, 7) is 4.07. The minimum atomic E-state index is 0.00444. The Kier molecular flexibility index (Phi) is 3.32. The summed E-state index contributed by atoms with van der Waals surface area (Å²) in [6, 6.07) is 9.34. The molecule has 0 saturated heterocycles. The topological polar surface area (TPSA) is 20.2 Å². The summed E-state index contributed by atoms with van der Waals surface area (Å²) in [5, 5.41) is 10.3. The van der Waals surface area contributed by atoms with Crippen LogP contribution in [0, 0.1) is 13.8 Å². The fourth-order valence-corrected chi connectivity index (χ4v) is 2.32. The number of aromatic hydroxyl groups is 1. The van der Waals surface area contributed by atoms with Gasteiger partial charge in [0.2, 0.25) is 0 Å². The molecule has 3 heteroatoms. The maximum absolute atomic E-state index is 9.46. The molecule has 0 amide bonds. The molecule has 0 radical (unpaired) electrons. The van der Waals surface area contributed by atoms with Gasteiger partial charge in [-0.2, -0.15) is 0 Å². The Morgan fingerprint density at radius 3 is 2.00 bits per heavy atom. The van der Waals surface area contributed by atoms with Crippen molar-refractivity contribution in [2.45, 2.75) is 13.8 Å². The molecule has 0 aliphatic rings. The zero-order valence-electron chi connectivity index (χ0n) is 9.59. The fraction of sp³-hybridized carbons (Fsp3) is 0.143. The van der Waals surface area contributed by atoms with Gasteiger partial charge in [0, 0.05) is 11.6 Å². The molecule has 2 aromatic carbocycles. The highest BCUT2D eigenvalue weighted by molar-refractivity contribution is 6.36. The van der Waals surface area contributed by atoms with E-state index < -0.39 is 0 Å². The quantitative estimate of drug-likeness (QED) is 0.772. The van der Waals surface area contributed by atoms with Gasteiger partial charge in [-0.15, -0.1) is 0 Å². The van der Waals surface area contributed by atoms with Gasteiger partial charge in [-0.05, 0) is 25.5 Å². The summed E-state index contributed by atoms with van der Waals surface area (Å²) in [4.78, 5) is 0. The number of benzene rings is 2.